The van der Waals surface area contributed by atoms with Crippen molar-refractivity contribution in [1.82, 2.24) is 4.90 Å². The number of para-hydroxylation sites is 1. The molecule has 8 heteroatoms. The fraction of sp³-hybridized carbons (Fsp3) is 0.208. The van der Waals surface area contributed by atoms with E-state index in [0.717, 1.165) is 12.8 Å². The standard InChI is InChI=1S/C24H24N4O3S/c29-22(20-12-4-5-14-28(20)23(30)21-13-7-15-32-21)25-18-10-6-11-19(16-18)27-24(31)26-17-8-2-1-3-9-17/h1-3,6-11,13,15-16,20H,4-5,12,14H2,(H,25,29)(H2,26,27,31)/t20-/m0/s1. The van der Waals surface area contributed by atoms with Gasteiger partial charge < -0.3 is 20.9 Å². The number of piperidine rings is 1. The molecule has 0 spiro atoms. The van der Waals surface area contributed by atoms with Gasteiger partial charge in [0.2, 0.25) is 5.91 Å². The first-order valence-electron chi connectivity index (χ1n) is 10.5. The Morgan fingerprint density at radius 2 is 1.53 bits per heavy atom. The summed E-state index contributed by atoms with van der Waals surface area (Å²) in [6, 6.07) is 18.8. The SMILES string of the molecule is O=C(Nc1ccccc1)Nc1cccc(NC(=O)[C@@H]2CCCCN2C(=O)c2cccs2)c1. The lowest BCUT2D eigenvalue weighted by Crippen LogP contribution is -2.49. The van der Waals surface area contributed by atoms with Crippen LogP contribution in [0.3, 0.4) is 0 Å². The Kier molecular flexibility index (Phi) is 6.81. The lowest BCUT2D eigenvalue weighted by molar-refractivity contribution is -0.121. The Morgan fingerprint density at radius 3 is 2.28 bits per heavy atom. The highest BCUT2D eigenvalue weighted by molar-refractivity contribution is 7.12. The van der Waals surface area contributed by atoms with Crippen LogP contribution < -0.4 is 16.0 Å². The van der Waals surface area contributed by atoms with E-state index in [1.54, 1.807) is 47.4 Å². The molecule has 32 heavy (non-hydrogen) atoms. The van der Waals surface area contributed by atoms with Gasteiger partial charge in [-0.05, 0) is 61.0 Å². The van der Waals surface area contributed by atoms with Crippen LogP contribution in [-0.4, -0.2) is 35.3 Å². The maximum absolute atomic E-state index is 13.0. The highest BCUT2D eigenvalue weighted by Crippen LogP contribution is 2.24. The lowest BCUT2D eigenvalue weighted by atomic mass is 10.0. The molecule has 3 aromatic rings. The number of benzene rings is 2. The molecule has 1 aromatic heterocycles. The van der Waals surface area contributed by atoms with Gasteiger partial charge in [0, 0.05) is 23.6 Å². The van der Waals surface area contributed by atoms with Crippen molar-refractivity contribution in [2.45, 2.75) is 25.3 Å². The molecular formula is C24H24N4O3S. The summed E-state index contributed by atoms with van der Waals surface area (Å²) in [4.78, 5) is 40.4. The Balaban J connectivity index is 1.40. The molecule has 0 bridgehead atoms. The molecule has 1 saturated heterocycles. The van der Waals surface area contributed by atoms with Gasteiger partial charge in [-0.2, -0.15) is 0 Å². The second-order valence-corrected chi connectivity index (χ2v) is 8.45. The van der Waals surface area contributed by atoms with Gasteiger partial charge in [0.15, 0.2) is 0 Å². The number of nitrogens with zero attached hydrogens (tertiary/aromatic N) is 1. The summed E-state index contributed by atoms with van der Waals surface area (Å²) in [5.74, 6) is -0.326. The quantitative estimate of drug-likeness (QED) is 0.512. The fourth-order valence-electron chi connectivity index (χ4n) is 3.70. The summed E-state index contributed by atoms with van der Waals surface area (Å²) >= 11 is 1.38. The molecule has 1 aliphatic heterocycles. The minimum Gasteiger partial charge on any atom is -0.326 e. The van der Waals surface area contributed by atoms with Gasteiger partial charge in [0.25, 0.3) is 5.91 Å². The van der Waals surface area contributed by atoms with Gasteiger partial charge in [0.1, 0.15) is 6.04 Å². The van der Waals surface area contributed by atoms with E-state index in [1.165, 1.54) is 11.3 Å². The van der Waals surface area contributed by atoms with E-state index in [9.17, 15) is 14.4 Å². The summed E-state index contributed by atoms with van der Waals surface area (Å²) in [5, 5.41) is 10.3. The third kappa shape index (κ3) is 5.33. The summed E-state index contributed by atoms with van der Waals surface area (Å²) in [5.41, 5.74) is 1.79. The molecule has 0 unspecified atom stereocenters. The fourth-order valence-corrected chi connectivity index (χ4v) is 4.38. The number of thiophene rings is 1. The number of hydrogen-bond acceptors (Lipinski definition) is 4. The zero-order valence-electron chi connectivity index (χ0n) is 17.4. The molecule has 1 aliphatic rings. The number of urea groups is 1. The Bertz CT molecular complexity index is 1090. The number of carbonyl (C=O) groups is 3. The molecule has 0 radical (unpaired) electrons. The van der Waals surface area contributed by atoms with Crippen molar-refractivity contribution >= 4 is 46.2 Å². The van der Waals surface area contributed by atoms with Crippen molar-refractivity contribution < 1.29 is 14.4 Å². The van der Waals surface area contributed by atoms with Crippen molar-refractivity contribution in [2.75, 3.05) is 22.5 Å². The minimum atomic E-state index is -0.517. The molecule has 4 rings (SSSR count). The monoisotopic (exact) mass is 448 g/mol. The van der Waals surface area contributed by atoms with Crippen molar-refractivity contribution in [3.63, 3.8) is 0 Å². The third-order valence-corrected chi connectivity index (χ3v) is 6.08. The van der Waals surface area contributed by atoms with Crippen molar-refractivity contribution in [2.24, 2.45) is 0 Å². The van der Waals surface area contributed by atoms with Crippen LogP contribution >= 0.6 is 11.3 Å². The molecule has 0 saturated carbocycles. The summed E-state index contributed by atoms with van der Waals surface area (Å²) in [6.07, 6.45) is 2.41. The van der Waals surface area contributed by atoms with E-state index in [1.807, 2.05) is 29.6 Å². The van der Waals surface area contributed by atoms with Crippen LogP contribution in [0.15, 0.2) is 72.1 Å². The molecule has 3 N–H and O–H groups in total. The van der Waals surface area contributed by atoms with Crippen LogP contribution in [0.2, 0.25) is 0 Å². The van der Waals surface area contributed by atoms with Crippen molar-refractivity contribution in [3.05, 3.63) is 77.0 Å². The summed E-state index contributed by atoms with van der Waals surface area (Å²) in [7, 11) is 0. The van der Waals surface area contributed by atoms with Gasteiger partial charge in [-0.3, -0.25) is 9.59 Å². The van der Waals surface area contributed by atoms with E-state index in [-0.39, 0.29) is 17.8 Å². The highest BCUT2D eigenvalue weighted by atomic mass is 32.1. The first-order valence-corrected chi connectivity index (χ1v) is 11.4. The maximum atomic E-state index is 13.0. The van der Waals surface area contributed by atoms with Crippen LogP contribution in [0, 0.1) is 0 Å². The van der Waals surface area contributed by atoms with Gasteiger partial charge in [-0.15, -0.1) is 11.3 Å². The number of amides is 4. The van der Waals surface area contributed by atoms with Crippen LogP contribution in [0.1, 0.15) is 28.9 Å². The number of likely N-dealkylation sites (tertiary alicyclic amines) is 1. The normalized spacial score (nSPS) is 15.6. The highest BCUT2D eigenvalue weighted by Gasteiger charge is 2.33. The predicted molar refractivity (Wildman–Crippen MR) is 127 cm³/mol. The second kappa shape index (κ2) is 10.1. The van der Waals surface area contributed by atoms with Crippen molar-refractivity contribution in [1.29, 1.82) is 0 Å². The second-order valence-electron chi connectivity index (χ2n) is 7.50. The average Bonchev–Trinajstić information content (AvgIpc) is 3.34. The predicted octanol–water partition coefficient (Wildman–Crippen LogP) is 5.03. The molecule has 7 nitrogen and oxygen atoms in total. The molecule has 1 atom stereocenters. The zero-order valence-corrected chi connectivity index (χ0v) is 18.2. The Hall–Kier alpha value is -3.65. The van der Waals surface area contributed by atoms with Gasteiger partial charge in [0.05, 0.1) is 4.88 Å². The summed E-state index contributed by atoms with van der Waals surface area (Å²) in [6.45, 7) is 0.566. The molecular weight excluding hydrogens is 424 g/mol. The summed E-state index contributed by atoms with van der Waals surface area (Å²) < 4.78 is 0. The molecule has 1 fully saturated rings. The smallest absolute Gasteiger partial charge is 0.323 e. The van der Waals surface area contributed by atoms with Crippen LogP contribution in [-0.2, 0) is 4.79 Å². The van der Waals surface area contributed by atoms with Gasteiger partial charge in [-0.1, -0.05) is 30.3 Å². The van der Waals surface area contributed by atoms with Gasteiger partial charge >= 0.3 is 6.03 Å². The molecule has 0 aliphatic carbocycles. The molecule has 164 valence electrons. The zero-order chi connectivity index (χ0) is 22.3. The van der Waals surface area contributed by atoms with E-state index < -0.39 is 6.04 Å². The van der Waals surface area contributed by atoms with Gasteiger partial charge in [-0.25, -0.2) is 4.79 Å². The minimum absolute atomic E-state index is 0.104. The molecule has 2 heterocycles. The number of hydrogen-bond donors (Lipinski definition) is 3. The largest absolute Gasteiger partial charge is 0.326 e. The van der Waals surface area contributed by atoms with E-state index in [0.29, 0.717) is 34.9 Å². The number of carbonyl (C=O) groups excluding carboxylic acids is 3. The van der Waals surface area contributed by atoms with Crippen LogP contribution in [0.5, 0.6) is 0 Å². The Labute approximate surface area is 190 Å². The number of anilines is 3. The first kappa shape index (κ1) is 21.6. The van der Waals surface area contributed by atoms with Crippen molar-refractivity contribution in [3.8, 4) is 0 Å². The van der Waals surface area contributed by atoms with E-state index in [4.69, 9.17) is 0 Å². The third-order valence-electron chi connectivity index (χ3n) is 5.22. The number of rotatable bonds is 5. The average molecular weight is 449 g/mol. The van der Waals surface area contributed by atoms with E-state index >= 15 is 0 Å². The lowest BCUT2D eigenvalue weighted by Gasteiger charge is -2.34. The Morgan fingerprint density at radius 1 is 0.812 bits per heavy atom. The molecule has 2 aromatic carbocycles. The molecule has 4 amide bonds. The maximum Gasteiger partial charge on any atom is 0.323 e. The van der Waals surface area contributed by atoms with Crippen LogP contribution in [0.4, 0.5) is 21.9 Å². The van der Waals surface area contributed by atoms with Crippen LogP contribution in [0.25, 0.3) is 0 Å². The number of nitrogens with one attached hydrogen (secondary N) is 3. The topological polar surface area (TPSA) is 90.5 Å². The first-order chi connectivity index (χ1) is 15.6. The van der Waals surface area contributed by atoms with E-state index in [2.05, 4.69) is 16.0 Å².